The summed E-state index contributed by atoms with van der Waals surface area (Å²) < 4.78 is 4.94. The molecule has 0 unspecified atom stereocenters. The number of benzene rings is 1. The minimum atomic E-state index is -2.63. The highest BCUT2D eigenvalue weighted by molar-refractivity contribution is 6.22. The number of nitrogens with zero attached hydrogens (tertiary/aromatic N) is 2. The van der Waals surface area contributed by atoms with Crippen molar-refractivity contribution in [3.8, 4) is 5.75 Å². The second-order valence-corrected chi connectivity index (χ2v) is 10.8. The van der Waals surface area contributed by atoms with Crippen molar-refractivity contribution >= 4 is 40.8 Å². The largest absolute Gasteiger partial charge is 0.508 e. The number of hydrogen-bond donors (Lipinski definition) is 7. The van der Waals surface area contributed by atoms with Gasteiger partial charge in [0.25, 0.3) is 5.91 Å². The van der Waals surface area contributed by atoms with Crippen LogP contribution in [0.2, 0.25) is 0 Å². The molecule has 1 aromatic carbocycles. The van der Waals surface area contributed by atoms with Crippen molar-refractivity contribution in [1.29, 1.82) is 0 Å². The molecule has 14 heteroatoms. The van der Waals surface area contributed by atoms with Crippen LogP contribution in [0.5, 0.6) is 5.75 Å². The van der Waals surface area contributed by atoms with Crippen LogP contribution in [0.1, 0.15) is 46.9 Å². The number of imidazole rings is 1. The van der Waals surface area contributed by atoms with Gasteiger partial charge in [-0.3, -0.25) is 14.4 Å². The minimum absolute atomic E-state index is 0.00462. The van der Waals surface area contributed by atoms with E-state index in [1.165, 1.54) is 6.20 Å². The molecule has 1 saturated carbocycles. The third-order valence-corrected chi connectivity index (χ3v) is 8.12. The zero-order valence-electron chi connectivity index (χ0n) is 23.1. The van der Waals surface area contributed by atoms with Crippen LogP contribution in [0.4, 0.5) is 11.6 Å². The average Bonchev–Trinajstić information content (AvgIpc) is 3.39. The summed E-state index contributed by atoms with van der Waals surface area (Å²) in [6, 6.07) is 1.72. The van der Waals surface area contributed by atoms with Crippen LogP contribution in [0.15, 0.2) is 29.2 Å². The molecule has 0 aliphatic heterocycles. The number of aromatic nitrogens is 2. The monoisotopic (exact) mass is 581 g/mol. The molecule has 0 radical (unpaired) electrons. The van der Waals surface area contributed by atoms with E-state index >= 15 is 0 Å². The zero-order chi connectivity index (χ0) is 30.7. The number of phenolic OH excluding ortho intramolecular Hbond substituents is 1. The van der Waals surface area contributed by atoms with E-state index in [1.807, 2.05) is 0 Å². The van der Waals surface area contributed by atoms with Crippen LogP contribution in [-0.2, 0) is 32.1 Å². The van der Waals surface area contributed by atoms with Crippen LogP contribution in [-0.4, -0.2) is 80.1 Å². The van der Waals surface area contributed by atoms with E-state index in [4.69, 9.17) is 10.5 Å². The molecular formula is C28H31N5O9. The number of esters is 1. The van der Waals surface area contributed by atoms with Crippen LogP contribution in [0, 0.1) is 11.8 Å². The molecule has 3 atom stereocenters. The number of aliphatic hydroxyl groups is 3. The molecule has 0 bridgehead atoms. The van der Waals surface area contributed by atoms with Gasteiger partial charge in [-0.15, -0.1) is 0 Å². The quantitative estimate of drug-likeness (QED) is 0.179. The summed E-state index contributed by atoms with van der Waals surface area (Å²) in [5, 5.41) is 48.0. The molecule has 1 aromatic heterocycles. The van der Waals surface area contributed by atoms with Crippen LogP contribution in [0.25, 0.3) is 5.76 Å². The Hall–Kier alpha value is -4.85. The van der Waals surface area contributed by atoms with E-state index < -0.39 is 58.0 Å². The maximum Gasteiger partial charge on any atom is 0.356 e. The van der Waals surface area contributed by atoms with E-state index in [0.717, 1.165) is 0 Å². The molecule has 1 amide bonds. The van der Waals surface area contributed by atoms with E-state index in [1.54, 1.807) is 32.0 Å². The fraction of sp³-hybridized carbons (Fsp3) is 0.393. The normalized spacial score (nSPS) is 23.2. The summed E-state index contributed by atoms with van der Waals surface area (Å²) in [6.45, 7) is 1.86. The van der Waals surface area contributed by atoms with Crippen LogP contribution >= 0.6 is 0 Å². The van der Waals surface area contributed by atoms with E-state index in [-0.39, 0.29) is 60.9 Å². The molecule has 2 aromatic rings. The molecule has 3 aliphatic rings. The van der Waals surface area contributed by atoms with Crippen molar-refractivity contribution in [2.24, 2.45) is 17.6 Å². The second kappa shape index (κ2) is 10.2. The van der Waals surface area contributed by atoms with Gasteiger partial charge in [0.15, 0.2) is 11.4 Å². The van der Waals surface area contributed by atoms with Gasteiger partial charge in [0.1, 0.15) is 28.5 Å². The number of ether oxygens (including phenoxy) is 1. The molecule has 0 spiro atoms. The number of fused-ring (bicyclic) bond motifs is 3. The number of primary amides is 1. The van der Waals surface area contributed by atoms with Crippen molar-refractivity contribution in [2.45, 2.75) is 38.3 Å². The molecular weight excluding hydrogens is 550 g/mol. The van der Waals surface area contributed by atoms with Gasteiger partial charge in [0.05, 0.1) is 18.4 Å². The first-order valence-corrected chi connectivity index (χ1v) is 13.3. The Bertz CT molecular complexity index is 1600. The van der Waals surface area contributed by atoms with Gasteiger partial charge in [-0.2, -0.15) is 0 Å². The molecule has 3 aliphatic carbocycles. The molecule has 5 rings (SSSR count). The number of carbonyl (C=O) groups excluding carboxylic acids is 4. The third-order valence-electron chi connectivity index (χ3n) is 8.12. The SMILES string of the molecule is CCOC(=O)c1cnc(NCc2cc(N(C)C)c3c(c2O)C(O)=C2C(=O)[C@]4(O)C(O)=C(C(N)=O)C(=O)C[C@@H]4C[C@@H]2C3)[nH]1. The number of nitrogens with two attached hydrogens (primary N) is 1. The van der Waals surface area contributed by atoms with Gasteiger partial charge in [-0.1, -0.05) is 0 Å². The van der Waals surface area contributed by atoms with E-state index in [2.05, 4.69) is 15.3 Å². The lowest BCUT2D eigenvalue weighted by molar-refractivity contribution is -0.147. The van der Waals surface area contributed by atoms with E-state index in [0.29, 0.717) is 16.8 Å². The number of aliphatic hydroxyl groups excluding tert-OH is 2. The van der Waals surface area contributed by atoms with Gasteiger partial charge in [-0.05, 0) is 37.3 Å². The van der Waals surface area contributed by atoms with Gasteiger partial charge in [0.2, 0.25) is 11.7 Å². The molecule has 222 valence electrons. The number of amides is 1. The molecule has 1 heterocycles. The standard InChI is InChI=1S/C28H31N5O9/c1-4-42-26(40)15-10-31-27(32-15)30-9-12-7-16(33(2)3)14-6-11-5-13-8-17(34)20(25(29)39)24(38)28(13,41)23(37)18(11)22(36)19(14)21(12)35/h7,10-11,13,35-36,38,41H,4-6,8-9H2,1-3H3,(H2,29,39)(H2,30,31,32)/t11-,13+,28+/m1/s1. The van der Waals surface area contributed by atoms with Crippen LogP contribution < -0.4 is 16.0 Å². The Morgan fingerprint density at radius 1 is 1.24 bits per heavy atom. The summed E-state index contributed by atoms with van der Waals surface area (Å²) in [7, 11) is 3.55. The number of Topliss-reactive ketones (excluding diaryl/α,β-unsaturated/α-hetero) is 2. The van der Waals surface area contributed by atoms with Crippen molar-refractivity contribution in [1.82, 2.24) is 9.97 Å². The molecule has 42 heavy (non-hydrogen) atoms. The Kier molecular flexibility index (Phi) is 6.97. The number of aromatic hydroxyl groups is 1. The maximum atomic E-state index is 13.8. The first-order chi connectivity index (χ1) is 19.8. The zero-order valence-corrected chi connectivity index (χ0v) is 23.1. The van der Waals surface area contributed by atoms with Crippen molar-refractivity contribution in [2.75, 3.05) is 30.9 Å². The molecule has 0 saturated heterocycles. The van der Waals surface area contributed by atoms with Gasteiger partial charge >= 0.3 is 5.97 Å². The number of nitrogens with one attached hydrogen (secondary N) is 2. The summed E-state index contributed by atoms with van der Waals surface area (Å²) in [5.41, 5.74) is 3.17. The predicted octanol–water partition coefficient (Wildman–Crippen LogP) is 1.00. The summed E-state index contributed by atoms with van der Waals surface area (Å²) in [4.78, 5) is 58.8. The van der Waals surface area contributed by atoms with Gasteiger partial charge in [0, 0.05) is 49.8 Å². The second-order valence-electron chi connectivity index (χ2n) is 10.8. The molecule has 14 nitrogen and oxygen atoms in total. The molecule has 8 N–H and O–H groups in total. The number of phenols is 1. The predicted molar refractivity (Wildman–Crippen MR) is 148 cm³/mol. The lowest BCUT2D eigenvalue weighted by Crippen LogP contribution is -2.58. The number of ketones is 2. The topological polar surface area (TPSA) is 228 Å². The Morgan fingerprint density at radius 3 is 2.60 bits per heavy atom. The number of aromatic amines is 1. The average molecular weight is 582 g/mol. The van der Waals surface area contributed by atoms with E-state index in [9.17, 15) is 39.6 Å². The van der Waals surface area contributed by atoms with Crippen molar-refractivity contribution in [3.05, 3.63) is 51.6 Å². The smallest absolute Gasteiger partial charge is 0.356 e. The maximum absolute atomic E-state index is 13.8. The summed E-state index contributed by atoms with van der Waals surface area (Å²) in [6.07, 6.45) is 1.14. The lowest BCUT2D eigenvalue weighted by atomic mass is 9.59. The lowest BCUT2D eigenvalue weighted by Gasteiger charge is -2.46. The highest BCUT2D eigenvalue weighted by Gasteiger charge is 2.60. The number of H-pyrrole nitrogens is 1. The van der Waals surface area contributed by atoms with Crippen molar-refractivity contribution < 1.29 is 44.3 Å². The van der Waals surface area contributed by atoms with Gasteiger partial charge < -0.3 is 46.1 Å². The first kappa shape index (κ1) is 28.7. The third kappa shape index (κ3) is 4.26. The number of rotatable bonds is 7. The van der Waals surface area contributed by atoms with Crippen molar-refractivity contribution in [3.63, 3.8) is 0 Å². The summed E-state index contributed by atoms with van der Waals surface area (Å²) >= 11 is 0. The first-order valence-electron chi connectivity index (χ1n) is 13.3. The highest BCUT2D eigenvalue weighted by atomic mass is 16.5. The Balaban J connectivity index is 1.56. The fourth-order valence-corrected chi connectivity index (χ4v) is 6.16. The Labute approximate surface area is 239 Å². The summed E-state index contributed by atoms with van der Waals surface area (Å²) in [5.74, 6) is -7.19. The fourth-order valence-electron chi connectivity index (χ4n) is 6.16. The minimum Gasteiger partial charge on any atom is -0.508 e. The highest BCUT2D eigenvalue weighted by Crippen LogP contribution is 2.53. The number of anilines is 2. The molecule has 1 fully saturated rings. The number of hydrogen-bond acceptors (Lipinski definition) is 12. The number of carbonyl (C=O) groups is 4. The van der Waals surface area contributed by atoms with Crippen LogP contribution in [0.3, 0.4) is 0 Å². The Morgan fingerprint density at radius 2 is 1.95 bits per heavy atom. The van der Waals surface area contributed by atoms with Gasteiger partial charge in [-0.25, -0.2) is 9.78 Å².